The van der Waals surface area contributed by atoms with E-state index in [4.69, 9.17) is 9.47 Å². The Balaban J connectivity index is 1.40. The molecule has 3 aromatic rings. The summed E-state index contributed by atoms with van der Waals surface area (Å²) >= 11 is 0. The number of aryl methyl sites for hydroxylation is 1. The number of nitrogens with one attached hydrogen (secondary N) is 1. The van der Waals surface area contributed by atoms with Crippen LogP contribution in [0.1, 0.15) is 53.1 Å². The molecule has 5 rings (SSSR count). The molecule has 37 heavy (non-hydrogen) atoms. The number of fused-ring (bicyclic) bond motifs is 4. The van der Waals surface area contributed by atoms with Crippen LogP contribution in [0.15, 0.2) is 30.6 Å². The van der Waals surface area contributed by atoms with Crippen LogP contribution in [0.25, 0.3) is 0 Å². The first-order valence-corrected chi connectivity index (χ1v) is 12.7. The van der Waals surface area contributed by atoms with Crippen LogP contribution in [-0.4, -0.2) is 78.3 Å². The van der Waals surface area contributed by atoms with Crippen molar-refractivity contribution in [2.24, 2.45) is 5.92 Å². The molecule has 12 nitrogen and oxygen atoms in total. The molecule has 0 aliphatic carbocycles. The molecule has 196 valence electrons. The highest BCUT2D eigenvalue weighted by molar-refractivity contribution is 5.96. The third-order valence-corrected chi connectivity index (χ3v) is 6.43. The maximum absolute atomic E-state index is 13.6. The molecular formula is C25H32N8O4. The second kappa shape index (κ2) is 10.7. The van der Waals surface area contributed by atoms with E-state index < -0.39 is 12.1 Å². The van der Waals surface area contributed by atoms with Crippen LogP contribution >= 0.6 is 0 Å². The summed E-state index contributed by atoms with van der Waals surface area (Å²) in [5.41, 5.74) is 2.28. The van der Waals surface area contributed by atoms with Gasteiger partial charge in [0.1, 0.15) is 18.0 Å². The molecule has 2 bridgehead atoms. The molecular weight excluding hydrogens is 476 g/mol. The summed E-state index contributed by atoms with van der Waals surface area (Å²) in [6.45, 7) is 8.38. The lowest BCUT2D eigenvalue weighted by molar-refractivity contribution is 0.0289. The molecule has 3 aromatic heterocycles. The molecule has 0 saturated carbocycles. The maximum atomic E-state index is 13.6. The predicted molar refractivity (Wildman–Crippen MR) is 132 cm³/mol. The minimum absolute atomic E-state index is 0.138. The second-order valence-electron chi connectivity index (χ2n) is 9.75. The average Bonchev–Trinajstić information content (AvgIpc) is 3.60. The van der Waals surface area contributed by atoms with E-state index in [1.165, 1.54) is 0 Å². The predicted octanol–water partition coefficient (Wildman–Crippen LogP) is 1.32. The maximum Gasteiger partial charge on any atom is 0.274 e. The number of carbonyl (C=O) groups is 2. The summed E-state index contributed by atoms with van der Waals surface area (Å²) in [7, 11) is 0. The molecule has 5 heterocycles. The van der Waals surface area contributed by atoms with Gasteiger partial charge in [-0.05, 0) is 37.5 Å². The molecule has 12 heteroatoms. The summed E-state index contributed by atoms with van der Waals surface area (Å²) in [6.07, 6.45) is 3.71. The Bertz CT molecular complexity index is 1270. The minimum atomic E-state index is -0.447. The molecule has 0 unspecified atom stereocenters. The Morgan fingerprint density at radius 2 is 2.16 bits per heavy atom. The van der Waals surface area contributed by atoms with Crippen molar-refractivity contribution < 1.29 is 19.1 Å². The summed E-state index contributed by atoms with van der Waals surface area (Å²) < 4.78 is 15.4. The van der Waals surface area contributed by atoms with Gasteiger partial charge in [0, 0.05) is 25.8 Å². The van der Waals surface area contributed by atoms with Crippen molar-refractivity contribution in [1.82, 2.24) is 40.0 Å². The number of amides is 2. The highest BCUT2D eigenvalue weighted by Gasteiger charge is 2.39. The molecule has 1 N–H and O–H groups in total. The van der Waals surface area contributed by atoms with Gasteiger partial charge in [0.05, 0.1) is 37.2 Å². The van der Waals surface area contributed by atoms with Gasteiger partial charge in [0.25, 0.3) is 11.8 Å². The number of hydrogen-bond donors (Lipinski definition) is 1. The number of rotatable bonds is 4. The molecule has 2 aliphatic rings. The highest BCUT2D eigenvalue weighted by Crippen LogP contribution is 2.22. The van der Waals surface area contributed by atoms with E-state index in [1.807, 2.05) is 13.0 Å². The van der Waals surface area contributed by atoms with Crippen LogP contribution in [0.2, 0.25) is 0 Å². The lowest BCUT2D eigenvalue weighted by Crippen LogP contribution is -2.44. The van der Waals surface area contributed by atoms with Crippen molar-refractivity contribution in [3.05, 3.63) is 53.4 Å². The van der Waals surface area contributed by atoms with Crippen LogP contribution in [0.4, 0.5) is 0 Å². The van der Waals surface area contributed by atoms with Crippen molar-refractivity contribution in [1.29, 1.82) is 0 Å². The molecule has 0 aromatic carbocycles. The standard InChI is InChI=1S/C25H32N8O4/c1-4-33-20(11-17(29-33)10-16(2)3)25(35)31-13-19-22(14-31)37-15-18-12-32(30-28-18)8-9-36-21-6-5-7-26-23(21)24(34)27-19/h5-7,11-12,16,19,22H,4,8-10,13-15H2,1-3H3,(H,27,34)/t19-,22-/m0/s1. The van der Waals surface area contributed by atoms with E-state index in [9.17, 15) is 9.59 Å². The fraction of sp³-hybridized carbons (Fsp3) is 0.520. The number of aromatic nitrogens is 6. The summed E-state index contributed by atoms with van der Waals surface area (Å²) in [5.74, 6) is 0.294. The van der Waals surface area contributed by atoms with Crippen LogP contribution in [0, 0.1) is 5.92 Å². The Morgan fingerprint density at radius 1 is 1.30 bits per heavy atom. The molecule has 1 saturated heterocycles. The first kappa shape index (κ1) is 24.9. The van der Waals surface area contributed by atoms with Crippen LogP contribution in [0.5, 0.6) is 5.75 Å². The van der Waals surface area contributed by atoms with E-state index in [0.717, 1.165) is 12.1 Å². The molecule has 0 radical (unpaired) electrons. The Morgan fingerprint density at radius 3 is 2.97 bits per heavy atom. The van der Waals surface area contributed by atoms with Gasteiger partial charge in [0.2, 0.25) is 0 Å². The largest absolute Gasteiger partial charge is 0.489 e. The lowest BCUT2D eigenvalue weighted by atomic mass is 10.1. The van der Waals surface area contributed by atoms with E-state index in [2.05, 4.69) is 39.6 Å². The van der Waals surface area contributed by atoms with Crippen molar-refractivity contribution in [3.63, 3.8) is 0 Å². The average molecular weight is 509 g/mol. The molecule has 2 aliphatic heterocycles. The molecule has 2 amide bonds. The van der Waals surface area contributed by atoms with Crippen LogP contribution in [-0.2, 0) is 30.9 Å². The fourth-order valence-electron chi connectivity index (χ4n) is 4.68. The van der Waals surface area contributed by atoms with Crippen molar-refractivity contribution in [3.8, 4) is 5.75 Å². The van der Waals surface area contributed by atoms with E-state index in [-0.39, 0.29) is 24.1 Å². The normalized spacial score (nSPS) is 20.1. The zero-order valence-corrected chi connectivity index (χ0v) is 21.3. The van der Waals surface area contributed by atoms with Gasteiger partial charge in [0.15, 0.2) is 11.4 Å². The van der Waals surface area contributed by atoms with Gasteiger partial charge in [-0.2, -0.15) is 5.10 Å². The van der Waals surface area contributed by atoms with Crippen LogP contribution in [0.3, 0.4) is 0 Å². The topological polar surface area (TPSA) is 129 Å². The minimum Gasteiger partial charge on any atom is -0.489 e. The van der Waals surface area contributed by atoms with E-state index in [0.29, 0.717) is 55.8 Å². The molecule has 1 fully saturated rings. The first-order valence-electron chi connectivity index (χ1n) is 12.7. The Kier molecular flexibility index (Phi) is 7.17. The first-order chi connectivity index (χ1) is 17.9. The quantitative estimate of drug-likeness (QED) is 0.559. The number of pyridine rings is 1. The number of nitrogens with zero attached hydrogens (tertiary/aromatic N) is 7. The van der Waals surface area contributed by atoms with Gasteiger partial charge in [-0.1, -0.05) is 19.1 Å². The Labute approximate surface area is 214 Å². The molecule has 2 atom stereocenters. The number of hydrogen-bond acceptors (Lipinski definition) is 8. The summed E-state index contributed by atoms with van der Waals surface area (Å²) in [4.78, 5) is 32.8. The third kappa shape index (κ3) is 5.48. The van der Waals surface area contributed by atoms with Crippen molar-refractivity contribution >= 4 is 11.8 Å². The van der Waals surface area contributed by atoms with Gasteiger partial charge >= 0.3 is 0 Å². The van der Waals surface area contributed by atoms with Crippen molar-refractivity contribution in [2.75, 3.05) is 19.7 Å². The van der Waals surface area contributed by atoms with Crippen molar-refractivity contribution in [2.45, 2.75) is 59.0 Å². The van der Waals surface area contributed by atoms with Crippen LogP contribution < -0.4 is 10.1 Å². The zero-order valence-electron chi connectivity index (χ0n) is 21.3. The second-order valence-corrected chi connectivity index (χ2v) is 9.75. The zero-order chi connectivity index (χ0) is 25.9. The van der Waals surface area contributed by atoms with E-state index >= 15 is 0 Å². The smallest absolute Gasteiger partial charge is 0.274 e. The molecule has 0 spiro atoms. The monoisotopic (exact) mass is 508 g/mol. The Hall–Kier alpha value is -3.80. The fourth-order valence-corrected chi connectivity index (χ4v) is 4.68. The van der Waals surface area contributed by atoms with E-state index in [1.54, 1.807) is 38.8 Å². The van der Waals surface area contributed by atoms with Gasteiger partial charge < -0.3 is 19.7 Å². The lowest BCUT2D eigenvalue weighted by Gasteiger charge is -2.20. The number of carbonyl (C=O) groups excluding carboxylic acids is 2. The highest BCUT2D eigenvalue weighted by atomic mass is 16.5. The SMILES string of the molecule is CCn1nc(CC(C)C)cc1C(=O)N1C[C@@H]2NC(=O)c3ncccc3OCCn3cc(nn3)CO[C@H]2C1. The summed E-state index contributed by atoms with van der Waals surface area (Å²) in [5, 5.41) is 15.9. The number of likely N-dealkylation sites (tertiary alicyclic amines) is 1. The summed E-state index contributed by atoms with van der Waals surface area (Å²) in [6, 6.07) is 4.85. The third-order valence-electron chi connectivity index (χ3n) is 6.43. The van der Waals surface area contributed by atoms with Gasteiger partial charge in [-0.3, -0.25) is 14.3 Å². The number of ether oxygens (including phenoxy) is 2. The van der Waals surface area contributed by atoms with Gasteiger partial charge in [-0.15, -0.1) is 5.10 Å². The van der Waals surface area contributed by atoms with Gasteiger partial charge in [-0.25, -0.2) is 9.67 Å².